The maximum atomic E-state index is 11.6. The molecule has 0 bridgehead atoms. The Morgan fingerprint density at radius 1 is 1.53 bits per heavy atom. The highest BCUT2D eigenvalue weighted by atomic mass is 16.3. The van der Waals surface area contributed by atoms with Crippen LogP contribution in [-0.4, -0.2) is 47.2 Å². The first-order valence-electron chi connectivity index (χ1n) is 5.75. The zero-order chi connectivity index (χ0) is 11.1. The summed E-state index contributed by atoms with van der Waals surface area (Å²) >= 11 is 0. The number of nitrogens with one attached hydrogen (secondary N) is 1. The lowest BCUT2D eigenvalue weighted by molar-refractivity contribution is -0.162. The lowest BCUT2D eigenvalue weighted by Gasteiger charge is -2.49. The van der Waals surface area contributed by atoms with Gasteiger partial charge in [-0.2, -0.15) is 0 Å². The second kappa shape index (κ2) is 3.76. The Morgan fingerprint density at radius 2 is 2.13 bits per heavy atom. The monoisotopic (exact) mass is 212 g/mol. The van der Waals surface area contributed by atoms with Crippen LogP contribution in [0.2, 0.25) is 0 Å². The molecular weight excluding hydrogens is 192 g/mol. The van der Waals surface area contributed by atoms with Crippen LogP contribution < -0.4 is 5.32 Å². The average Bonchev–Trinajstić information content (AvgIpc) is 2.92. The van der Waals surface area contributed by atoms with Crippen LogP contribution in [-0.2, 0) is 4.79 Å². The molecule has 2 fully saturated rings. The van der Waals surface area contributed by atoms with E-state index in [0.29, 0.717) is 25.7 Å². The smallest absolute Gasteiger partial charge is 0.236 e. The van der Waals surface area contributed by atoms with Crippen LogP contribution in [0, 0.1) is 5.92 Å². The third-order valence-electron chi connectivity index (χ3n) is 3.48. The summed E-state index contributed by atoms with van der Waals surface area (Å²) in [6, 6.07) is 0.569. The van der Waals surface area contributed by atoms with Crippen molar-refractivity contribution in [2.75, 3.05) is 19.6 Å². The molecular formula is C11H20N2O2. The molecule has 0 atom stereocenters. The second-order valence-electron chi connectivity index (χ2n) is 5.16. The lowest BCUT2D eigenvalue weighted by atomic mass is 9.83. The highest BCUT2D eigenvalue weighted by molar-refractivity contribution is 5.79. The number of hydrogen-bond acceptors (Lipinski definition) is 3. The molecule has 2 rings (SSSR count). The summed E-state index contributed by atoms with van der Waals surface area (Å²) in [5.41, 5.74) is -0.644. The minimum atomic E-state index is -0.644. The van der Waals surface area contributed by atoms with Gasteiger partial charge in [0.2, 0.25) is 5.91 Å². The molecule has 15 heavy (non-hydrogen) atoms. The summed E-state index contributed by atoms with van der Waals surface area (Å²) in [4.78, 5) is 13.4. The van der Waals surface area contributed by atoms with Crippen molar-refractivity contribution in [3.63, 3.8) is 0 Å². The van der Waals surface area contributed by atoms with Gasteiger partial charge in [-0.1, -0.05) is 13.8 Å². The molecule has 1 aliphatic carbocycles. The molecule has 1 aliphatic heterocycles. The number of aliphatic hydroxyl groups is 1. The molecule has 0 spiro atoms. The van der Waals surface area contributed by atoms with E-state index in [2.05, 4.69) is 5.32 Å². The number of carbonyl (C=O) groups excluding carboxylic acids is 1. The van der Waals surface area contributed by atoms with Crippen LogP contribution in [0.1, 0.15) is 26.7 Å². The van der Waals surface area contributed by atoms with Gasteiger partial charge >= 0.3 is 0 Å². The number of hydrogen-bond donors (Lipinski definition) is 2. The summed E-state index contributed by atoms with van der Waals surface area (Å²) in [6.07, 6.45) is 2.40. The summed E-state index contributed by atoms with van der Waals surface area (Å²) in [6.45, 7) is 5.40. The van der Waals surface area contributed by atoms with Gasteiger partial charge in [0.05, 0.1) is 19.6 Å². The van der Waals surface area contributed by atoms with Crippen molar-refractivity contribution in [3.05, 3.63) is 0 Å². The molecule has 86 valence electrons. The number of likely N-dealkylation sites (tertiary alicyclic amines) is 1. The van der Waals surface area contributed by atoms with Gasteiger partial charge in [-0.05, 0) is 18.8 Å². The molecule has 1 amide bonds. The Bertz CT molecular complexity index is 255. The van der Waals surface area contributed by atoms with Crippen molar-refractivity contribution in [1.29, 1.82) is 0 Å². The topological polar surface area (TPSA) is 52.6 Å². The molecule has 0 radical (unpaired) electrons. The Hall–Kier alpha value is -0.610. The van der Waals surface area contributed by atoms with Crippen LogP contribution >= 0.6 is 0 Å². The predicted octanol–water partition coefficient (Wildman–Crippen LogP) is -0.0323. The lowest BCUT2D eigenvalue weighted by Crippen LogP contribution is -2.66. The minimum Gasteiger partial charge on any atom is -0.386 e. The molecule has 1 heterocycles. The van der Waals surface area contributed by atoms with Crippen molar-refractivity contribution < 1.29 is 9.90 Å². The zero-order valence-electron chi connectivity index (χ0n) is 9.49. The maximum absolute atomic E-state index is 11.6. The van der Waals surface area contributed by atoms with E-state index in [1.807, 2.05) is 13.8 Å². The van der Waals surface area contributed by atoms with E-state index in [4.69, 9.17) is 0 Å². The normalized spacial score (nSPS) is 24.1. The number of β-amino-alcohol motifs (C(OH)–C–C–N with tert-alkyl or cyclic N) is 1. The van der Waals surface area contributed by atoms with Gasteiger partial charge < -0.3 is 15.3 Å². The first-order valence-corrected chi connectivity index (χ1v) is 5.75. The Kier molecular flexibility index (Phi) is 2.73. The molecule has 0 aromatic heterocycles. The molecule has 0 aromatic rings. The molecule has 0 aromatic carbocycles. The molecule has 0 unspecified atom stereocenters. The third kappa shape index (κ3) is 2.32. The Balaban J connectivity index is 1.70. The number of carbonyl (C=O) groups is 1. The average molecular weight is 212 g/mol. The molecule has 4 heteroatoms. The highest BCUT2D eigenvalue weighted by Gasteiger charge is 2.45. The van der Waals surface area contributed by atoms with E-state index in [1.54, 1.807) is 4.90 Å². The number of amides is 1. The summed E-state index contributed by atoms with van der Waals surface area (Å²) in [5, 5.41) is 13.2. The molecule has 1 saturated heterocycles. The minimum absolute atomic E-state index is 0.118. The number of nitrogens with zero attached hydrogens (tertiary/aromatic N) is 1. The summed E-state index contributed by atoms with van der Waals surface area (Å²) < 4.78 is 0. The van der Waals surface area contributed by atoms with E-state index in [1.165, 1.54) is 12.8 Å². The van der Waals surface area contributed by atoms with Crippen LogP contribution in [0.3, 0.4) is 0 Å². The second-order valence-corrected chi connectivity index (χ2v) is 5.16. The highest BCUT2D eigenvalue weighted by Crippen LogP contribution is 2.28. The summed E-state index contributed by atoms with van der Waals surface area (Å²) in [7, 11) is 0. The van der Waals surface area contributed by atoms with Gasteiger partial charge in [-0.15, -0.1) is 0 Å². The standard InChI is InChI=1S/C11H20N2O2/c1-8(2)11(15)6-13(7-11)10(14)5-12-9-3-4-9/h8-9,12,15H,3-7H2,1-2H3. The van der Waals surface area contributed by atoms with Crippen molar-refractivity contribution in [3.8, 4) is 0 Å². The number of rotatable bonds is 4. The van der Waals surface area contributed by atoms with E-state index in [0.717, 1.165) is 0 Å². The fourth-order valence-electron chi connectivity index (χ4n) is 1.79. The fraction of sp³-hybridized carbons (Fsp3) is 0.909. The van der Waals surface area contributed by atoms with Crippen molar-refractivity contribution in [1.82, 2.24) is 10.2 Å². The van der Waals surface area contributed by atoms with E-state index >= 15 is 0 Å². The van der Waals surface area contributed by atoms with Gasteiger partial charge in [0.25, 0.3) is 0 Å². The van der Waals surface area contributed by atoms with E-state index in [9.17, 15) is 9.90 Å². The molecule has 1 saturated carbocycles. The first-order chi connectivity index (χ1) is 7.01. The van der Waals surface area contributed by atoms with Gasteiger partial charge in [-0.3, -0.25) is 4.79 Å². The largest absolute Gasteiger partial charge is 0.386 e. The predicted molar refractivity (Wildman–Crippen MR) is 57.4 cm³/mol. The van der Waals surface area contributed by atoms with Gasteiger partial charge in [-0.25, -0.2) is 0 Å². The molecule has 2 N–H and O–H groups in total. The quantitative estimate of drug-likeness (QED) is 0.688. The SMILES string of the molecule is CC(C)C1(O)CN(C(=O)CNC2CC2)C1. The van der Waals surface area contributed by atoms with E-state index in [-0.39, 0.29) is 11.8 Å². The zero-order valence-corrected chi connectivity index (χ0v) is 9.49. The van der Waals surface area contributed by atoms with Crippen molar-refractivity contribution in [2.24, 2.45) is 5.92 Å². The first kappa shape index (κ1) is 10.9. The fourth-order valence-corrected chi connectivity index (χ4v) is 1.79. The maximum Gasteiger partial charge on any atom is 0.236 e. The Morgan fingerprint density at radius 3 is 2.60 bits per heavy atom. The van der Waals surface area contributed by atoms with Crippen molar-refractivity contribution in [2.45, 2.75) is 38.3 Å². The van der Waals surface area contributed by atoms with E-state index < -0.39 is 5.60 Å². The van der Waals surface area contributed by atoms with Crippen LogP contribution in [0.4, 0.5) is 0 Å². The molecule has 4 nitrogen and oxygen atoms in total. The molecule has 2 aliphatic rings. The van der Waals surface area contributed by atoms with Crippen LogP contribution in [0.25, 0.3) is 0 Å². The van der Waals surface area contributed by atoms with Crippen molar-refractivity contribution >= 4 is 5.91 Å². The van der Waals surface area contributed by atoms with Crippen LogP contribution in [0.15, 0.2) is 0 Å². The summed E-state index contributed by atoms with van der Waals surface area (Å²) in [5.74, 6) is 0.338. The van der Waals surface area contributed by atoms with Gasteiger partial charge in [0.1, 0.15) is 5.60 Å². The third-order valence-corrected chi connectivity index (χ3v) is 3.48. The van der Waals surface area contributed by atoms with Crippen LogP contribution in [0.5, 0.6) is 0 Å². The van der Waals surface area contributed by atoms with Gasteiger partial charge in [0, 0.05) is 6.04 Å². The Labute approximate surface area is 90.6 Å². The van der Waals surface area contributed by atoms with Gasteiger partial charge in [0.15, 0.2) is 0 Å².